The normalized spacial score (nSPS) is 26.0. The zero-order valence-corrected chi connectivity index (χ0v) is 13.9. The number of alkyl halides is 3. The first-order valence-electron chi connectivity index (χ1n) is 7.96. The van der Waals surface area contributed by atoms with Gasteiger partial charge >= 0.3 is 12.3 Å². The molecular weight excluding hydrogens is 337 g/mol. The van der Waals surface area contributed by atoms with Crippen molar-refractivity contribution in [3.63, 3.8) is 0 Å². The molecule has 0 atom stereocenters. The summed E-state index contributed by atoms with van der Waals surface area (Å²) >= 11 is 0. The number of halogens is 3. The van der Waals surface area contributed by atoms with Crippen molar-refractivity contribution in [1.29, 1.82) is 0 Å². The summed E-state index contributed by atoms with van der Waals surface area (Å²) in [6, 6.07) is 4.76. The Kier molecular flexibility index (Phi) is 3.96. The van der Waals surface area contributed by atoms with Crippen molar-refractivity contribution in [1.82, 2.24) is 10.6 Å². The van der Waals surface area contributed by atoms with Crippen LogP contribution in [-0.4, -0.2) is 24.1 Å². The number of ether oxygens (including phenoxy) is 1. The van der Waals surface area contributed by atoms with Gasteiger partial charge in [0.25, 0.3) is 0 Å². The second-order valence-electron chi connectivity index (χ2n) is 7.28. The molecule has 0 unspecified atom stereocenters. The van der Waals surface area contributed by atoms with Crippen LogP contribution < -0.4 is 10.6 Å². The standard InChI is InChI=1S/C17H19F3N2O3/c1-15(2,11-3-5-12(6-4-11)17(18,19)20)21-13(23)10-7-16(8-10)9-25-14(24)22-16/h3-6,10H,7-9H2,1-2H3,(H,21,23)(H,22,24). The molecule has 1 aromatic rings. The Balaban J connectivity index is 1.62. The van der Waals surface area contributed by atoms with Crippen LogP contribution in [0.2, 0.25) is 0 Å². The number of nitrogens with one attached hydrogen (secondary N) is 2. The van der Waals surface area contributed by atoms with Gasteiger partial charge in [0.1, 0.15) is 6.61 Å². The van der Waals surface area contributed by atoms with Gasteiger partial charge in [-0.2, -0.15) is 13.2 Å². The predicted molar refractivity (Wildman–Crippen MR) is 82.6 cm³/mol. The smallest absolute Gasteiger partial charge is 0.416 e. The fourth-order valence-corrected chi connectivity index (χ4v) is 3.34. The van der Waals surface area contributed by atoms with Crippen LogP contribution in [0.5, 0.6) is 0 Å². The molecule has 0 bridgehead atoms. The van der Waals surface area contributed by atoms with Gasteiger partial charge in [-0.3, -0.25) is 4.79 Å². The summed E-state index contributed by atoms with van der Waals surface area (Å²) in [7, 11) is 0. The van der Waals surface area contributed by atoms with E-state index < -0.39 is 28.9 Å². The highest BCUT2D eigenvalue weighted by molar-refractivity contribution is 5.82. The number of carbonyl (C=O) groups excluding carboxylic acids is 2. The van der Waals surface area contributed by atoms with Crippen molar-refractivity contribution >= 4 is 12.0 Å². The molecule has 0 aromatic heterocycles. The first-order chi connectivity index (χ1) is 11.5. The number of alkyl carbamates (subject to hydrolysis) is 1. The highest BCUT2D eigenvalue weighted by Gasteiger charge is 2.53. The maximum atomic E-state index is 12.6. The molecule has 1 saturated carbocycles. The minimum absolute atomic E-state index is 0.184. The molecule has 8 heteroatoms. The summed E-state index contributed by atoms with van der Waals surface area (Å²) in [4.78, 5) is 23.5. The summed E-state index contributed by atoms with van der Waals surface area (Å²) < 4.78 is 42.8. The van der Waals surface area contributed by atoms with E-state index in [4.69, 9.17) is 4.74 Å². The van der Waals surface area contributed by atoms with Crippen LogP contribution in [0.25, 0.3) is 0 Å². The average molecular weight is 356 g/mol. The van der Waals surface area contributed by atoms with Crippen LogP contribution in [0, 0.1) is 5.92 Å². The van der Waals surface area contributed by atoms with Crippen LogP contribution in [0.3, 0.4) is 0 Å². The van der Waals surface area contributed by atoms with Gasteiger partial charge in [0.15, 0.2) is 0 Å². The summed E-state index contributed by atoms with van der Waals surface area (Å²) in [5.74, 6) is -0.438. The van der Waals surface area contributed by atoms with Gasteiger partial charge in [0.05, 0.1) is 16.6 Å². The molecule has 2 fully saturated rings. The third kappa shape index (κ3) is 3.43. The number of benzene rings is 1. The van der Waals surface area contributed by atoms with Gasteiger partial charge < -0.3 is 15.4 Å². The SMILES string of the molecule is CC(C)(NC(=O)C1CC2(COC(=O)N2)C1)c1ccc(C(F)(F)F)cc1. The Morgan fingerprint density at radius 3 is 2.24 bits per heavy atom. The van der Waals surface area contributed by atoms with Crippen molar-refractivity contribution in [3.8, 4) is 0 Å². The van der Waals surface area contributed by atoms with Gasteiger partial charge in [-0.05, 0) is 44.4 Å². The van der Waals surface area contributed by atoms with E-state index in [9.17, 15) is 22.8 Å². The molecule has 2 amide bonds. The third-order valence-electron chi connectivity index (χ3n) is 4.86. The molecule has 1 aliphatic heterocycles. The molecule has 1 heterocycles. The maximum absolute atomic E-state index is 12.6. The topological polar surface area (TPSA) is 67.4 Å². The molecule has 1 saturated heterocycles. The predicted octanol–water partition coefficient (Wildman–Crippen LogP) is 2.95. The highest BCUT2D eigenvalue weighted by atomic mass is 19.4. The average Bonchev–Trinajstić information content (AvgIpc) is 2.87. The summed E-state index contributed by atoms with van der Waals surface area (Å²) in [6.07, 6.45) is -3.87. The van der Waals surface area contributed by atoms with Crippen molar-refractivity contribution in [2.45, 2.75) is 43.9 Å². The van der Waals surface area contributed by atoms with E-state index >= 15 is 0 Å². The Morgan fingerprint density at radius 2 is 1.76 bits per heavy atom. The van der Waals surface area contributed by atoms with Crippen LogP contribution in [0.15, 0.2) is 24.3 Å². The fraction of sp³-hybridized carbons (Fsp3) is 0.529. The van der Waals surface area contributed by atoms with Crippen molar-refractivity contribution < 1.29 is 27.5 Å². The minimum atomic E-state index is -4.39. The van der Waals surface area contributed by atoms with Crippen LogP contribution in [-0.2, 0) is 21.2 Å². The van der Waals surface area contributed by atoms with Gasteiger partial charge in [0.2, 0.25) is 5.91 Å². The molecule has 3 rings (SSSR count). The van der Waals surface area contributed by atoms with Gasteiger partial charge in [-0.1, -0.05) is 12.1 Å². The summed E-state index contributed by atoms with van der Waals surface area (Å²) in [6.45, 7) is 3.74. The largest absolute Gasteiger partial charge is 0.447 e. The molecule has 25 heavy (non-hydrogen) atoms. The van der Waals surface area contributed by atoms with Crippen molar-refractivity contribution in [3.05, 3.63) is 35.4 Å². The van der Waals surface area contributed by atoms with Gasteiger partial charge in [-0.15, -0.1) is 0 Å². The minimum Gasteiger partial charge on any atom is -0.447 e. The number of rotatable bonds is 3. The molecule has 5 nitrogen and oxygen atoms in total. The molecule has 1 aliphatic carbocycles. The lowest BCUT2D eigenvalue weighted by molar-refractivity contribution is -0.137. The fourth-order valence-electron chi connectivity index (χ4n) is 3.34. The van der Waals surface area contributed by atoms with Crippen molar-refractivity contribution in [2.75, 3.05) is 6.61 Å². The Hall–Kier alpha value is -2.25. The lowest BCUT2D eigenvalue weighted by Gasteiger charge is -2.43. The molecule has 1 spiro atoms. The molecule has 0 radical (unpaired) electrons. The van der Waals surface area contributed by atoms with E-state index in [1.165, 1.54) is 12.1 Å². The first-order valence-corrected chi connectivity index (χ1v) is 7.96. The highest BCUT2D eigenvalue weighted by Crippen LogP contribution is 2.41. The van der Waals surface area contributed by atoms with E-state index in [1.54, 1.807) is 13.8 Å². The van der Waals surface area contributed by atoms with Crippen LogP contribution in [0.4, 0.5) is 18.0 Å². The molecule has 1 aromatic carbocycles. The van der Waals surface area contributed by atoms with E-state index in [1.807, 2.05) is 0 Å². The summed E-state index contributed by atoms with van der Waals surface area (Å²) in [5, 5.41) is 5.60. The second kappa shape index (κ2) is 5.64. The summed E-state index contributed by atoms with van der Waals surface area (Å²) in [5.41, 5.74) is -1.39. The molecule has 136 valence electrons. The van der Waals surface area contributed by atoms with E-state index in [2.05, 4.69) is 10.6 Å². The zero-order valence-electron chi connectivity index (χ0n) is 13.9. The van der Waals surface area contributed by atoms with E-state index in [0.29, 0.717) is 18.4 Å². The van der Waals surface area contributed by atoms with Crippen LogP contribution >= 0.6 is 0 Å². The number of cyclic esters (lactones) is 1. The maximum Gasteiger partial charge on any atom is 0.416 e. The molecule has 2 aliphatic rings. The molecular formula is C17H19F3N2O3. The monoisotopic (exact) mass is 356 g/mol. The van der Waals surface area contributed by atoms with Crippen LogP contribution in [0.1, 0.15) is 37.8 Å². The Bertz CT molecular complexity index is 692. The van der Waals surface area contributed by atoms with Gasteiger partial charge in [-0.25, -0.2) is 4.79 Å². The second-order valence-corrected chi connectivity index (χ2v) is 7.28. The van der Waals surface area contributed by atoms with Crippen molar-refractivity contribution in [2.24, 2.45) is 5.92 Å². The van der Waals surface area contributed by atoms with E-state index in [-0.39, 0.29) is 18.4 Å². The van der Waals surface area contributed by atoms with E-state index in [0.717, 1.165) is 12.1 Å². The molecule has 2 N–H and O–H groups in total. The third-order valence-corrected chi connectivity index (χ3v) is 4.86. The quantitative estimate of drug-likeness (QED) is 0.875. The lowest BCUT2D eigenvalue weighted by Crippen LogP contribution is -2.59. The number of hydrogen-bond donors (Lipinski definition) is 2. The Labute approximate surface area is 142 Å². The number of carbonyl (C=O) groups is 2. The zero-order chi connectivity index (χ0) is 18.5. The Morgan fingerprint density at radius 1 is 1.20 bits per heavy atom. The first kappa shape index (κ1) is 17.6. The van der Waals surface area contributed by atoms with Gasteiger partial charge in [0, 0.05) is 5.92 Å². The number of amides is 2. The number of hydrogen-bond acceptors (Lipinski definition) is 3. The lowest BCUT2D eigenvalue weighted by atomic mass is 9.68.